The topological polar surface area (TPSA) is 215 Å². The highest BCUT2D eigenvalue weighted by Crippen LogP contribution is 2.30. The molecule has 3 saturated heterocycles. The fourth-order valence-corrected chi connectivity index (χ4v) is 11.9. The quantitative estimate of drug-likeness (QED) is 0.0513. The Morgan fingerprint density at radius 3 is 0.948 bits per heavy atom. The molecule has 504 valence electrons. The molecule has 27 heteroatoms. The van der Waals surface area contributed by atoms with Crippen molar-refractivity contribution in [3.05, 3.63) is 192 Å². The van der Waals surface area contributed by atoms with Crippen molar-refractivity contribution < 1.29 is 69.4 Å². The van der Waals surface area contributed by atoms with Crippen molar-refractivity contribution in [2.75, 3.05) is 59.1 Å². The third kappa shape index (κ3) is 20.4. The van der Waals surface area contributed by atoms with E-state index < -0.39 is 17.5 Å². The molecule has 6 aromatic carbocycles. The molecule has 3 aromatic heterocycles. The van der Waals surface area contributed by atoms with E-state index in [1.54, 1.807) is 72.8 Å². The van der Waals surface area contributed by atoms with E-state index in [0.29, 0.717) is 110 Å². The van der Waals surface area contributed by atoms with Gasteiger partial charge < -0.3 is 27.5 Å². The van der Waals surface area contributed by atoms with Crippen LogP contribution >= 0.6 is 69.6 Å². The third-order valence-corrected chi connectivity index (χ3v) is 17.7. The summed E-state index contributed by atoms with van der Waals surface area (Å²) in [6.45, 7) is 3.65. The van der Waals surface area contributed by atoms with Crippen molar-refractivity contribution in [1.29, 1.82) is 0 Å². The Bertz CT molecular complexity index is 3880. The molecule has 0 radical (unpaired) electrons. The molecule has 0 spiro atoms. The van der Waals surface area contributed by atoms with Gasteiger partial charge in [-0.25, -0.2) is 28.2 Å². The summed E-state index contributed by atoms with van der Waals surface area (Å²) in [6, 6.07) is 32.7. The predicted octanol–water partition coefficient (Wildman–Crippen LogP) is 15.8. The first-order valence-corrected chi connectivity index (χ1v) is 32.9. The molecule has 3 fully saturated rings. The van der Waals surface area contributed by atoms with Gasteiger partial charge in [-0.05, 0) is 165 Å². The molecule has 0 saturated carbocycles. The van der Waals surface area contributed by atoms with Gasteiger partial charge in [0, 0.05) is 108 Å². The molecule has 0 bridgehead atoms. The lowest BCUT2D eigenvalue weighted by Crippen LogP contribution is -2.40. The van der Waals surface area contributed by atoms with Crippen molar-refractivity contribution >= 4 is 138 Å². The van der Waals surface area contributed by atoms with Gasteiger partial charge in [0.1, 0.15) is 71.3 Å². The van der Waals surface area contributed by atoms with Crippen LogP contribution in [0.5, 0.6) is 17.2 Å². The van der Waals surface area contributed by atoms with Gasteiger partial charge in [-0.15, -0.1) is 0 Å². The highest BCUT2D eigenvalue weighted by molar-refractivity contribution is 6.32. The lowest BCUT2D eigenvalue weighted by molar-refractivity contribution is -0.122. The third-order valence-electron chi connectivity index (χ3n) is 16.1. The summed E-state index contributed by atoms with van der Waals surface area (Å²) in [4.78, 5) is 73.9. The largest absolute Gasteiger partial charge is 0.486 e. The van der Waals surface area contributed by atoms with Crippen molar-refractivity contribution in [2.45, 2.75) is 57.8 Å². The standard InChI is InChI=1S/3C23H21Cl2FN2O4/c3*24-16-2-6-21-15(9-16)10-22(32-21)23(30)27-28-8-7-14(12-28)1-3-17(29)13-31-18-4-5-19(25)20(26)11-18/h3*2,4-6,9-11,14H,1,3,7-8,12-13H2,(H,27,30)/t2*14-;/m10./s1. The summed E-state index contributed by atoms with van der Waals surface area (Å²) in [5.41, 5.74) is 10.4. The molecule has 3 aliphatic rings. The maximum absolute atomic E-state index is 13.4. The van der Waals surface area contributed by atoms with E-state index in [1.165, 1.54) is 36.4 Å². The number of amides is 3. The average molecular weight is 1440 g/mol. The zero-order valence-electron chi connectivity index (χ0n) is 51.2. The predicted molar refractivity (Wildman–Crippen MR) is 359 cm³/mol. The van der Waals surface area contributed by atoms with Gasteiger partial charge in [0.25, 0.3) is 0 Å². The number of ketones is 3. The second-order valence-electron chi connectivity index (χ2n) is 23.3. The first-order chi connectivity index (χ1) is 46.1. The number of hydrogen-bond donors (Lipinski definition) is 3. The van der Waals surface area contributed by atoms with Crippen LogP contribution in [0.15, 0.2) is 141 Å². The minimum absolute atomic E-state index is 0.00581. The second-order valence-corrected chi connectivity index (χ2v) is 25.9. The molecule has 18 nitrogen and oxygen atoms in total. The van der Waals surface area contributed by atoms with Gasteiger partial charge in [-0.3, -0.25) is 45.0 Å². The number of nitrogens with zero attached hydrogens (tertiary/aromatic N) is 3. The van der Waals surface area contributed by atoms with Crippen LogP contribution in [-0.2, 0) is 14.4 Å². The van der Waals surface area contributed by atoms with E-state index in [0.717, 1.165) is 53.6 Å². The minimum atomic E-state index is -0.587. The number of nitrogens with one attached hydrogen (secondary N) is 3. The van der Waals surface area contributed by atoms with Gasteiger partial charge in [0.05, 0.1) is 15.1 Å². The van der Waals surface area contributed by atoms with Crippen LogP contribution in [0.2, 0.25) is 30.1 Å². The molecule has 96 heavy (non-hydrogen) atoms. The fraction of sp³-hybridized carbons (Fsp3) is 0.304. The number of halogens is 9. The number of benzene rings is 6. The maximum atomic E-state index is 13.4. The monoisotopic (exact) mass is 1430 g/mol. The van der Waals surface area contributed by atoms with Crippen LogP contribution in [0.4, 0.5) is 13.2 Å². The lowest BCUT2D eigenvalue weighted by atomic mass is 10.0. The summed E-state index contributed by atoms with van der Waals surface area (Å²) in [7, 11) is 0. The number of ether oxygens (including phenoxy) is 3. The zero-order chi connectivity index (χ0) is 68.0. The number of carbonyl (C=O) groups is 6. The average Bonchev–Trinajstić information content (AvgIpc) is 1.75. The molecule has 3 amide bonds. The lowest BCUT2D eigenvalue weighted by Gasteiger charge is -2.16. The number of carbonyl (C=O) groups excluding carboxylic acids is 6. The Kier molecular flexibility index (Phi) is 24.7. The first kappa shape index (κ1) is 71.0. The van der Waals surface area contributed by atoms with E-state index in [1.807, 2.05) is 15.0 Å². The number of hydrazine groups is 3. The van der Waals surface area contributed by atoms with Crippen molar-refractivity contribution in [2.24, 2.45) is 17.8 Å². The SMILES string of the molecule is O=C(CCC1CCN(NC(=O)c2cc3cc(Cl)ccc3o2)C1)COc1ccc(Cl)c(F)c1.O=C(CC[C@@H]1CCN(NC(=O)c2cc3cc(Cl)ccc3o2)C1)COc1ccc(Cl)c(F)c1.O=C(CC[C@H]1CCN(NC(=O)c2cc3cc(Cl)ccc3o2)C1)COc1ccc(Cl)c(F)c1. The van der Waals surface area contributed by atoms with Gasteiger partial charge in [-0.2, -0.15) is 0 Å². The Labute approximate surface area is 578 Å². The molecule has 6 heterocycles. The molecular formula is C69H63Cl6F3N6O12. The number of furan rings is 3. The molecule has 12 rings (SSSR count). The van der Waals surface area contributed by atoms with Gasteiger partial charge in [0.2, 0.25) is 0 Å². The van der Waals surface area contributed by atoms with Crippen LogP contribution in [0.1, 0.15) is 89.5 Å². The van der Waals surface area contributed by atoms with Crippen LogP contribution in [0.3, 0.4) is 0 Å². The molecular weight excluding hydrogens is 1370 g/mol. The Morgan fingerprint density at radius 2 is 0.677 bits per heavy atom. The summed E-state index contributed by atoms with van der Waals surface area (Å²) in [5.74, 6) is -0.628. The first-order valence-electron chi connectivity index (χ1n) is 30.7. The van der Waals surface area contributed by atoms with Crippen LogP contribution in [0.25, 0.3) is 32.9 Å². The van der Waals surface area contributed by atoms with E-state index in [4.69, 9.17) is 97.1 Å². The second kappa shape index (κ2) is 33.4. The van der Waals surface area contributed by atoms with E-state index in [2.05, 4.69) is 16.3 Å². The number of rotatable bonds is 24. The van der Waals surface area contributed by atoms with Crippen LogP contribution in [-0.4, -0.2) is 109 Å². The molecule has 9 aromatic rings. The van der Waals surface area contributed by atoms with E-state index in [9.17, 15) is 41.9 Å². The Balaban J connectivity index is 0.000000157. The highest BCUT2D eigenvalue weighted by atomic mass is 35.5. The Hall–Kier alpha value is -7.83. The van der Waals surface area contributed by atoms with Gasteiger partial charge in [0.15, 0.2) is 34.6 Å². The van der Waals surface area contributed by atoms with E-state index >= 15 is 0 Å². The zero-order valence-corrected chi connectivity index (χ0v) is 55.8. The highest BCUT2D eigenvalue weighted by Gasteiger charge is 2.29. The van der Waals surface area contributed by atoms with Crippen molar-refractivity contribution in [3.8, 4) is 17.2 Å². The normalized spacial score (nSPS) is 16.4. The van der Waals surface area contributed by atoms with Gasteiger partial charge in [-0.1, -0.05) is 69.6 Å². The fourth-order valence-electron chi connectivity index (χ4n) is 11.0. The molecule has 1 unspecified atom stereocenters. The molecule has 3 atom stereocenters. The summed E-state index contributed by atoms with van der Waals surface area (Å²) < 4.78 is 73.1. The Morgan fingerprint density at radius 1 is 0.396 bits per heavy atom. The number of Topliss-reactive ketones (excluding diaryl/α,β-unsaturated/α-hetero) is 3. The number of fused-ring (bicyclic) bond motifs is 3. The van der Waals surface area contributed by atoms with Crippen LogP contribution < -0.4 is 30.5 Å². The summed E-state index contributed by atoms with van der Waals surface area (Å²) in [6.07, 6.45) is 5.73. The number of hydrogen-bond acceptors (Lipinski definition) is 15. The molecule has 3 aliphatic heterocycles. The summed E-state index contributed by atoms with van der Waals surface area (Å²) in [5, 5.41) is 9.56. The molecule has 3 N–H and O–H groups in total. The van der Waals surface area contributed by atoms with Crippen molar-refractivity contribution in [1.82, 2.24) is 31.3 Å². The maximum Gasteiger partial charge on any atom is 0.301 e. The van der Waals surface area contributed by atoms with Crippen LogP contribution in [0, 0.1) is 35.2 Å². The van der Waals surface area contributed by atoms with Gasteiger partial charge >= 0.3 is 17.7 Å². The summed E-state index contributed by atoms with van der Waals surface area (Å²) >= 11 is 34.8. The smallest absolute Gasteiger partial charge is 0.301 e. The van der Waals surface area contributed by atoms with Crippen molar-refractivity contribution in [3.63, 3.8) is 0 Å². The van der Waals surface area contributed by atoms with E-state index in [-0.39, 0.29) is 122 Å². The minimum Gasteiger partial charge on any atom is -0.486 e. The molecule has 0 aliphatic carbocycles.